The average Bonchev–Trinajstić information content (AvgIpc) is 3.18. The summed E-state index contributed by atoms with van der Waals surface area (Å²) in [6, 6.07) is 21.6. The molecule has 27 heavy (non-hydrogen) atoms. The Kier molecular flexibility index (Phi) is 5.30. The van der Waals surface area contributed by atoms with Crippen LogP contribution in [0.3, 0.4) is 0 Å². The summed E-state index contributed by atoms with van der Waals surface area (Å²) in [6.45, 7) is 7.44. The van der Waals surface area contributed by atoms with E-state index in [0.29, 0.717) is 6.04 Å². The first-order valence-corrected chi connectivity index (χ1v) is 9.91. The molecule has 140 valence electrons. The van der Waals surface area contributed by atoms with Gasteiger partial charge in [0.05, 0.1) is 13.1 Å². The van der Waals surface area contributed by atoms with Gasteiger partial charge in [-0.15, -0.1) is 0 Å². The Labute approximate surface area is 166 Å². The number of H-pyrrole nitrogens is 1. The van der Waals surface area contributed by atoms with Crippen molar-refractivity contribution in [1.82, 2.24) is 19.6 Å². The molecule has 1 fully saturated rings. The molecule has 1 saturated heterocycles. The monoisotopic (exact) mass is 381 g/mol. The highest BCUT2D eigenvalue weighted by Crippen LogP contribution is 2.33. The van der Waals surface area contributed by atoms with Gasteiger partial charge in [-0.1, -0.05) is 41.9 Å². The zero-order chi connectivity index (χ0) is 18.7. The van der Waals surface area contributed by atoms with E-state index in [9.17, 15) is 0 Å². The summed E-state index contributed by atoms with van der Waals surface area (Å²) in [4.78, 5) is 2.57. The lowest BCUT2D eigenvalue weighted by Gasteiger charge is -2.49. The highest BCUT2D eigenvalue weighted by Gasteiger charge is 2.41. The van der Waals surface area contributed by atoms with Gasteiger partial charge in [0.1, 0.15) is 24.0 Å². The molecule has 1 N–H and O–H groups in total. The first-order valence-electron chi connectivity index (χ1n) is 9.53. The smallest absolute Gasteiger partial charge is 0.133 e. The van der Waals surface area contributed by atoms with Gasteiger partial charge in [-0.05, 0) is 30.7 Å². The molecule has 2 aromatic carbocycles. The molecular weight excluding hydrogens is 356 g/mol. The van der Waals surface area contributed by atoms with Crippen LogP contribution in [0.25, 0.3) is 0 Å². The number of quaternary nitrogens is 1. The first-order chi connectivity index (χ1) is 13.2. The number of nitrogens with zero attached hydrogens (tertiary/aromatic N) is 3. The number of rotatable bonds is 5. The average molecular weight is 382 g/mol. The molecule has 0 radical (unpaired) electrons. The van der Waals surface area contributed by atoms with E-state index < -0.39 is 0 Å². The number of piperazine rings is 1. The fraction of sp³-hybridized carbons (Fsp3) is 0.318. The molecule has 1 aromatic heterocycles. The van der Waals surface area contributed by atoms with Crippen molar-refractivity contribution < 1.29 is 0 Å². The Morgan fingerprint density at radius 2 is 1.89 bits per heavy atom. The number of aromatic amines is 1. The fourth-order valence-corrected chi connectivity index (χ4v) is 4.39. The second-order valence-corrected chi connectivity index (χ2v) is 7.96. The van der Waals surface area contributed by atoms with Gasteiger partial charge in [-0.25, -0.2) is 0 Å². The van der Waals surface area contributed by atoms with Gasteiger partial charge in [-0.2, -0.15) is 5.10 Å². The Hall–Kier alpha value is -2.14. The SMILES string of the molecule is CC1CN(Cc2ccccc2)CC[N+]1(Cc1cc[nH]n1)c1ccc(Cl)cc1. The predicted molar refractivity (Wildman–Crippen MR) is 112 cm³/mol. The van der Waals surface area contributed by atoms with Gasteiger partial charge in [0.15, 0.2) is 0 Å². The van der Waals surface area contributed by atoms with E-state index >= 15 is 0 Å². The second kappa shape index (κ2) is 7.85. The lowest BCUT2D eigenvalue weighted by atomic mass is 10.0. The summed E-state index contributed by atoms with van der Waals surface area (Å²) in [5.74, 6) is 0. The molecule has 0 amide bonds. The van der Waals surface area contributed by atoms with Crippen molar-refractivity contribution in [2.24, 2.45) is 0 Å². The standard InChI is InChI=1S/C22H26ClN4/c1-18-15-26(16-19-5-3-2-4-6-19)13-14-27(18,17-21-11-12-24-25-21)22-9-7-20(23)8-10-22/h2-12,18H,13-17H2,1H3,(H,24,25)/q+1. The van der Waals surface area contributed by atoms with Crippen molar-refractivity contribution >= 4 is 17.3 Å². The molecule has 3 aromatic rings. The molecule has 0 aliphatic carbocycles. The van der Waals surface area contributed by atoms with Crippen molar-refractivity contribution in [2.75, 3.05) is 19.6 Å². The van der Waals surface area contributed by atoms with E-state index in [1.165, 1.54) is 11.3 Å². The van der Waals surface area contributed by atoms with Crippen molar-refractivity contribution in [2.45, 2.75) is 26.1 Å². The Bertz CT molecular complexity index is 848. The molecular formula is C22H26ClN4+. The van der Waals surface area contributed by atoms with Gasteiger partial charge in [0, 0.05) is 36.4 Å². The van der Waals surface area contributed by atoms with Crippen molar-refractivity contribution in [3.63, 3.8) is 0 Å². The van der Waals surface area contributed by atoms with E-state index in [1.807, 2.05) is 18.3 Å². The van der Waals surface area contributed by atoms with Crippen LogP contribution in [0, 0.1) is 0 Å². The third-order valence-corrected chi connectivity index (χ3v) is 6.03. The highest BCUT2D eigenvalue weighted by molar-refractivity contribution is 6.30. The molecule has 2 unspecified atom stereocenters. The van der Waals surface area contributed by atoms with Crippen LogP contribution < -0.4 is 4.48 Å². The summed E-state index contributed by atoms with van der Waals surface area (Å²) in [6.07, 6.45) is 1.91. The van der Waals surface area contributed by atoms with Crippen LogP contribution in [0.5, 0.6) is 0 Å². The summed E-state index contributed by atoms with van der Waals surface area (Å²) < 4.78 is 0.910. The molecule has 2 atom stereocenters. The fourth-order valence-electron chi connectivity index (χ4n) is 4.26. The van der Waals surface area contributed by atoms with Crippen LogP contribution >= 0.6 is 11.6 Å². The zero-order valence-electron chi connectivity index (χ0n) is 15.7. The maximum Gasteiger partial charge on any atom is 0.133 e. The van der Waals surface area contributed by atoms with Crippen LogP contribution in [-0.2, 0) is 13.1 Å². The minimum Gasteiger partial charge on any atom is -0.288 e. The molecule has 5 heteroatoms. The molecule has 0 saturated carbocycles. The molecule has 1 aliphatic heterocycles. The van der Waals surface area contributed by atoms with Crippen LogP contribution in [0.2, 0.25) is 5.02 Å². The van der Waals surface area contributed by atoms with E-state index in [0.717, 1.165) is 47.9 Å². The maximum atomic E-state index is 6.16. The lowest BCUT2D eigenvalue weighted by molar-refractivity contribution is 0.0760. The minimum atomic E-state index is 0.459. The molecule has 1 aliphatic rings. The van der Waals surface area contributed by atoms with Crippen LogP contribution in [-0.4, -0.2) is 40.8 Å². The maximum absolute atomic E-state index is 6.16. The van der Waals surface area contributed by atoms with Gasteiger partial charge >= 0.3 is 0 Å². The van der Waals surface area contributed by atoms with E-state index in [4.69, 9.17) is 11.6 Å². The van der Waals surface area contributed by atoms with E-state index in [-0.39, 0.29) is 0 Å². The van der Waals surface area contributed by atoms with Crippen molar-refractivity contribution in [3.8, 4) is 0 Å². The number of aromatic nitrogens is 2. The summed E-state index contributed by atoms with van der Waals surface area (Å²) in [5.41, 5.74) is 3.80. The van der Waals surface area contributed by atoms with Gasteiger partial charge in [0.25, 0.3) is 0 Å². The largest absolute Gasteiger partial charge is 0.288 e. The van der Waals surface area contributed by atoms with Gasteiger partial charge < -0.3 is 0 Å². The third-order valence-electron chi connectivity index (χ3n) is 5.77. The normalized spacial score (nSPS) is 23.4. The van der Waals surface area contributed by atoms with Gasteiger partial charge in [-0.3, -0.25) is 14.5 Å². The predicted octanol–water partition coefficient (Wildman–Crippen LogP) is 4.47. The quantitative estimate of drug-likeness (QED) is 0.661. The summed E-state index contributed by atoms with van der Waals surface area (Å²) in [5, 5.41) is 8.19. The first kappa shape index (κ1) is 18.2. The van der Waals surface area contributed by atoms with Gasteiger partial charge in [0.2, 0.25) is 0 Å². The molecule has 4 nitrogen and oxygen atoms in total. The van der Waals surface area contributed by atoms with Crippen molar-refractivity contribution in [3.05, 3.63) is 83.1 Å². The number of hydrogen-bond donors (Lipinski definition) is 1. The van der Waals surface area contributed by atoms with Crippen LogP contribution in [0.4, 0.5) is 5.69 Å². The molecule has 4 rings (SSSR count). The molecule has 2 heterocycles. The Balaban J connectivity index is 1.58. The topological polar surface area (TPSA) is 31.9 Å². The third kappa shape index (κ3) is 3.93. The lowest BCUT2D eigenvalue weighted by Crippen LogP contribution is -2.65. The van der Waals surface area contributed by atoms with E-state index in [2.05, 4.69) is 70.6 Å². The summed E-state index contributed by atoms with van der Waals surface area (Å²) >= 11 is 6.16. The second-order valence-electron chi connectivity index (χ2n) is 7.53. The summed E-state index contributed by atoms with van der Waals surface area (Å²) in [7, 11) is 0. The van der Waals surface area contributed by atoms with Crippen LogP contribution in [0.15, 0.2) is 66.9 Å². The number of nitrogens with one attached hydrogen (secondary N) is 1. The van der Waals surface area contributed by atoms with Crippen LogP contribution in [0.1, 0.15) is 18.2 Å². The zero-order valence-corrected chi connectivity index (χ0v) is 16.4. The Morgan fingerprint density at radius 1 is 1.11 bits per heavy atom. The molecule has 0 bridgehead atoms. The Morgan fingerprint density at radius 3 is 2.56 bits per heavy atom. The number of hydrogen-bond acceptors (Lipinski definition) is 2. The number of halogens is 1. The number of benzene rings is 2. The minimum absolute atomic E-state index is 0.459. The van der Waals surface area contributed by atoms with E-state index in [1.54, 1.807) is 0 Å². The molecule has 0 spiro atoms. The van der Waals surface area contributed by atoms with Crippen molar-refractivity contribution in [1.29, 1.82) is 0 Å². The highest BCUT2D eigenvalue weighted by atomic mass is 35.5.